The van der Waals surface area contributed by atoms with Crippen molar-refractivity contribution in [2.75, 3.05) is 32.0 Å². The van der Waals surface area contributed by atoms with Gasteiger partial charge in [0.15, 0.2) is 0 Å². The number of nitrogens with one attached hydrogen (secondary N) is 1. The molecule has 0 bridgehead atoms. The number of anilines is 1. The fraction of sp³-hybridized carbons (Fsp3) is 0.480. The van der Waals surface area contributed by atoms with Crippen molar-refractivity contribution in [2.45, 2.75) is 45.4 Å². The van der Waals surface area contributed by atoms with Crippen molar-refractivity contribution in [3.05, 3.63) is 59.9 Å². The second kappa shape index (κ2) is 11.5. The van der Waals surface area contributed by atoms with Gasteiger partial charge >= 0.3 is 6.03 Å². The van der Waals surface area contributed by atoms with Gasteiger partial charge in [-0.2, -0.15) is 0 Å². The molecule has 1 fully saturated rings. The highest BCUT2D eigenvalue weighted by molar-refractivity contribution is 5.90. The van der Waals surface area contributed by atoms with Gasteiger partial charge in [0.1, 0.15) is 0 Å². The van der Waals surface area contributed by atoms with Gasteiger partial charge in [0, 0.05) is 57.1 Å². The fourth-order valence-corrected chi connectivity index (χ4v) is 4.10. The average molecular weight is 423 g/mol. The van der Waals surface area contributed by atoms with Crippen LogP contribution in [0, 0.1) is 5.92 Å². The number of benzene rings is 1. The first-order chi connectivity index (χ1) is 15.1. The van der Waals surface area contributed by atoms with Crippen molar-refractivity contribution in [1.82, 2.24) is 14.8 Å². The maximum absolute atomic E-state index is 12.8. The lowest BCUT2D eigenvalue weighted by Gasteiger charge is -2.33. The summed E-state index contributed by atoms with van der Waals surface area (Å²) in [5.74, 6) is 0.531. The molecule has 31 heavy (non-hydrogen) atoms. The molecule has 1 atom stereocenters. The van der Waals surface area contributed by atoms with Crippen LogP contribution in [0.25, 0.3) is 0 Å². The largest absolute Gasteiger partial charge is 0.345 e. The normalized spacial score (nSPS) is 16.1. The highest BCUT2D eigenvalue weighted by atomic mass is 16.2. The molecule has 3 amide bonds. The van der Waals surface area contributed by atoms with Crippen LogP contribution in [0.3, 0.4) is 0 Å². The minimum absolute atomic E-state index is 0.0376. The summed E-state index contributed by atoms with van der Waals surface area (Å²) in [6.45, 7) is 4.25. The smallest absolute Gasteiger partial charge is 0.321 e. The molecular formula is C25H34N4O2. The van der Waals surface area contributed by atoms with Gasteiger partial charge in [-0.05, 0) is 55.4 Å². The summed E-state index contributed by atoms with van der Waals surface area (Å²) in [6, 6.07) is 13.8. The van der Waals surface area contributed by atoms with Crippen LogP contribution in [0.15, 0.2) is 48.7 Å². The number of nitrogens with zero attached hydrogens (tertiary/aromatic N) is 3. The number of hydrogen-bond acceptors (Lipinski definition) is 3. The quantitative estimate of drug-likeness (QED) is 0.687. The maximum Gasteiger partial charge on any atom is 0.321 e. The fourth-order valence-electron chi connectivity index (χ4n) is 4.10. The number of rotatable bonds is 8. The Morgan fingerprint density at radius 2 is 2.00 bits per heavy atom. The summed E-state index contributed by atoms with van der Waals surface area (Å²) in [6.07, 6.45) is 6.83. The Hall–Kier alpha value is -2.89. The highest BCUT2D eigenvalue weighted by Crippen LogP contribution is 2.23. The van der Waals surface area contributed by atoms with E-state index in [-0.39, 0.29) is 11.9 Å². The monoisotopic (exact) mass is 422 g/mol. The Balaban J connectivity index is 1.43. The second-order valence-electron chi connectivity index (χ2n) is 8.32. The molecule has 6 nitrogen and oxygen atoms in total. The Kier molecular flexibility index (Phi) is 8.44. The first-order valence-corrected chi connectivity index (χ1v) is 11.3. The van der Waals surface area contributed by atoms with Crippen molar-refractivity contribution in [1.29, 1.82) is 0 Å². The van der Waals surface area contributed by atoms with Gasteiger partial charge in [-0.25, -0.2) is 4.79 Å². The lowest BCUT2D eigenvalue weighted by molar-refractivity contribution is -0.130. The molecule has 2 heterocycles. The van der Waals surface area contributed by atoms with Crippen molar-refractivity contribution < 1.29 is 9.59 Å². The van der Waals surface area contributed by atoms with E-state index in [2.05, 4.69) is 17.2 Å². The second-order valence-corrected chi connectivity index (χ2v) is 8.32. The van der Waals surface area contributed by atoms with Crippen LogP contribution in [0.5, 0.6) is 0 Å². The van der Waals surface area contributed by atoms with E-state index < -0.39 is 0 Å². The molecule has 1 aliphatic heterocycles. The zero-order valence-corrected chi connectivity index (χ0v) is 18.7. The van der Waals surface area contributed by atoms with E-state index in [1.54, 1.807) is 11.1 Å². The summed E-state index contributed by atoms with van der Waals surface area (Å²) < 4.78 is 0. The lowest BCUT2D eigenvalue weighted by Crippen LogP contribution is -2.42. The van der Waals surface area contributed by atoms with Gasteiger partial charge < -0.3 is 15.1 Å². The number of hydrogen-bond donors (Lipinski definition) is 1. The molecule has 3 rings (SSSR count). The zero-order chi connectivity index (χ0) is 22.1. The molecule has 166 valence electrons. The lowest BCUT2D eigenvalue weighted by atomic mass is 9.93. The van der Waals surface area contributed by atoms with Gasteiger partial charge in [0.2, 0.25) is 5.91 Å². The Morgan fingerprint density at radius 1 is 1.19 bits per heavy atom. The van der Waals surface area contributed by atoms with E-state index in [1.807, 2.05) is 54.4 Å². The number of piperidine rings is 1. The van der Waals surface area contributed by atoms with Crippen molar-refractivity contribution >= 4 is 17.6 Å². The number of likely N-dealkylation sites (tertiary alicyclic amines) is 1. The molecule has 0 spiro atoms. The van der Waals surface area contributed by atoms with Gasteiger partial charge in [-0.15, -0.1) is 0 Å². The van der Waals surface area contributed by atoms with Crippen LogP contribution < -0.4 is 5.32 Å². The van der Waals surface area contributed by atoms with E-state index in [4.69, 9.17) is 0 Å². The SMILES string of the molecule is CCc1ccccc1NC(=O)N1CCCC(CCC(=O)N(C)CCc2ccccn2)C1. The van der Waals surface area contributed by atoms with Crippen molar-refractivity contribution in [3.8, 4) is 0 Å². The number of aromatic nitrogens is 1. The summed E-state index contributed by atoms with van der Waals surface area (Å²) in [5, 5.41) is 3.07. The molecule has 0 aliphatic carbocycles. The summed E-state index contributed by atoms with van der Waals surface area (Å²) in [7, 11) is 1.86. The molecule has 0 radical (unpaired) electrons. The molecule has 1 saturated heterocycles. The molecule has 0 saturated carbocycles. The standard InChI is InChI=1S/C25H34N4O2/c1-3-21-10-4-5-12-23(21)27-25(31)29-17-8-9-20(19-29)13-14-24(30)28(2)18-15-22-11-6-7-16-26-22/h4-7,10-12,16,20H,3,8-9,13-15,17-19H2,1-2H3,(H,27,31). The molecular weight excluding hydrogens is 388 g/mol. The number of para-hydroxylation sites is 1. The highest BCUT2D eigenvalue weighted by Gasteiger charge is 2.25. The van der Waals surface area contributed by atoms with Gasteiger partial charge in [0.25, 0.3) is 0 Å². The third-order valence-electron chi connectivity index (χ3n) is 6.07. The average Bonchev–Trinajstić information content (AvgIpc) is 2.82. The van der Waals surface area contributed by atoms with Crippen LogP contribution in [0.4, 0.5) is 10.5 Å². The van der Waals surface area contributed by atoms with E-state index in [1.165, 1.54) is 0 Å². The third-order valence-corrected chi connectivity index (χ3v) is 6.07. The Morgan fingerprint density at radius 3 is 2.77 bits per heavy atom. The number of aryl methyl sites for hydroxylation is 1. The number of likely N-dealkylation sites (N-methyl/N-ethyl adjacent to an activating group) is 1. The Labute approximate surface area is 185 Å². The predicted octanol–water partition coefficient (Wildman–Crippen LogP) is 4.37. The van der Waals surface area contributed by atoms with Crippen LogP contribution in [0.1, 0.15) is 43.9 Å². The van der Waals surface area contributed by atoms with Crippen molar-refractivity contribution in [2.24, 2.45) is 5.92 Å². The van der Waals surface area contributed by atoms with Gasteiger partial charge in [-0.1, -0.05) is 31.2 Å². The predicted molar refractivity (Wildman–Crippen MR) is 124 cm³/mol. The number of carbonyl (C=O) groups excluding carboxylic acids is 2. The van der Waals surface area contributed by atoms with E-state index in [0.29, 0.717) is 25.4 Å². The van der Waals surface area contributed by atoms with Crippen LogP contribution >= 0.6 is 0 Å². The van der Waals surface area contributed by atoms with Crippen LogP contribution in [0.2, 0.25) is 0 Å². The summed E-state index contributed by atoms with van der Waals surface area (Å²) >= 11 is 0. The minimum atomic E-state index is -0.0376. The number of carbonyl (C=O) groups is 2. The summed E-state index contributed by atoms with van der Waals surface area (Å²) in [4.78, 5) is 33.3. The number of amides is 3. The van der Waals surface area contributed by atoms with Gasteiger partial charge in [-0.3, -0.25) is 9.78 Å². The zero-order valence-electron chi connectivity index (χ0n) is 18.7. The first kappa shape index (κ1) is 22.8. The molecule has 1 aliphatic rings. The Bertz CT molecular complexity index is 856. The molecule has 2 aromatic rings. The van der Waals surface area contributed by atoms with Crippen LogP contribution in [-0.4, -0.2) is 53.4 Å². The molecule has 1 unspecified atom stereocenters. The molecule has 1 N–H and O–H groups in total. The first-order valence-electron chi connectivity index (χ1n) is 11.3. The van der Waals surface area contributed by atoms with E-state index in [9.17, 15) is 9.59 Å². The van der Waals surface area contributed by atoms with Crippen LogP contribution in [-0.2, 0) is 17.6 Å². The van der Waals surface area contributed by atoms with E-state index in [0.717, 1.165) is 55.6 Å². The summed E-state index contributed by atoms with van der Waals surface area (Å²) in [5.41, 5.74) is 3.03. The molecule has 1 aromatic heterocycles. The number of pyridine rings is 1. The molecule has 6 heteroatoms. The van der Waals surface area contributed by atoms with Crippen molar-refractivity contribution in [3.63, 3.8) is 0 Å². The maximum atomic E-state index is 12.8. The number of urea groups is 1. The van der Waals surface area contributed by atoms with Gasteiger partial charge in [0.05, 0.1) is 0 Å². The van der Waals surface area contributed by atoms with E-state index >= 15 is 0 Å². The minimum Gasteiger partial charge on any atom is -0.345 e. The third kappa shape index (κ3) is 6.81. The topological polar surface area (TPSA) is 65.5 Å². The molecule has 1 aromatic carbocycles.